The molecule has 6 heterocycles. The summed E-state index contributed by atoms with van der Waals surface area (Å²) in [5.74, 6) is -1.12. The number of alkyl halides is 4. The molecular weight excluding hydrogens is 585 g/mol. The van der Waals surface area contributed by atoms with E-state index in [4.69, 9.17) is 9.47 Å². The van der Waals surface area contributed by atoms with Crippen molar-refractivity contribution >= 4 is 28.4 Å². The van der Waals surface area contributed by atoms with E-state index in [2.05, 4.69) is 28.0 Å². The highest BCUT2D eigenvalue weighted by atomic mass is 19.4. The number of anilines is 1. The van der Waals surface area contributed by atoms with Gasteiger partial charge >= 0.3 is 18.3 Å². The molecule has 0 saturated carbocycles. The second kappa shape index (κ2) is 9.27. The number of carbonyl (C=O) groups is 1. The van der Waals surface area contributed by atoms with Crippen LogP contribution in [0.1, 0.15) is 57.6 Å². The highest BCUT2D eigenvalue weighted by molar-refractivity contribution is 6.06. The largest absolute Gasteiger partial charge is 0.461 e. The fourth-order valence-electron chi connectivity index (χ4n) is 8.03. The van der Waals surface area contributed by atoms with Crippen LogP contribution in [0.5, 0.6) is 6.01 Å². The Balaban J connectivity index is 1.36. The van der Waals surface area contributed by atoms with Gasteiger partial charge in [-0.1, -0.05) is 13.2 Å². The molecule has 0 radical (unpaired) electrons. The van der Waals surface area contributed by atoms with E-state index in [0.717, 1.165) is 19.4 Å². The maximum atomic E-state index is 15.7. The molecule has 5 aliphatic rings. The van der Waals surface area contributed by atoms with Crippen LogP contribution in [0, 0.1) is 5.82 Å². The first-order chi connectivity index (χ1) is 20.5. The van der Waals surface area contributed by atoms with Crippen molar-refractivity contribution in [3.8, 4) is 6.01 Å². The Morgan fingerprint density at radius 2 is 1.91 bits per heavy atom. The molecule has 0 unspecified atom stereocenters. The van der Waals surface area contributed by atoms with Gasteiger partial charge in [0.05, 0.1) is 34.6 Å². The van der Waals surface area contributed by atoms with Gasteiger partial charge in [-0.2, -0.15) is 23.1 Å². The molecule has 8 nitrogen and oxygen atoms in total. The van der Waals surface area contributed by atoms with Gasteiger partial charge in [-0.25, -0.2) is 13.6 Å². The molecule has 2 aromatic rings. The minimum absolute atomic E-state index is 0.0181. The Hall–Kier alpha value is -3.48. The lowest BCUT2D eigenvalue weighted by atomic mass is 9.82. The van der Waals surface area contributed by atoms with Gasteiger partial charge in [-0.05, 0) is 63.8 Å². The summed E-state index contributed by atoms with van der Waals surface area (Å²) in [4.78, 5) is 27.5. The molecule has 4 fully saturated rings. The number of benzene rings is 1. The van der Waals surface area contributed by atoms with Crippen molar-refractivity contribution in [2.24, 2.45) is 0 Å². The lowest BCUT2D eigenvalue weighted by molar-refractivity contribution is -0.137. The second-order valence-electron chi connectivity index (χ2n) is 13.8. The van der Waals surface area contributed by atoms with E-state index in [1.807, 2.05) is 0 Å². The molecule has 44 heavy (non-hydrogen) atoms. The number of fused-ring (bicyclic) bond motifs is 3. The molecule has 13 heteroatoms. The normalized spacial score (nSPS) is 29.8. The molecule has 7 rings (SSSR count). The molecule has 1 spiro atoms. The number of rotatable bonds is 3. The SMILES string of the molecule is C=C1C(=C)[C@]23C[C@H](CN2c2nc(OC[C@@]45CCCN4C[C@H](F)C5)nc4c(F)cc(C(F)(F)F)c1c24)N(C(=O)OC(C)(C)C)C3. The molecule has 1 aromatic heterocycles. The van der Waals surface area contributed by atoms with E-state index < -0.39 is 46.5 Å². The summed E-state index contributed by atoms with van der Waals surface area (Å²) in [7, 11) is 0. The van der Waals surface area contributed by atoms with Gasteiger partial charge in [0, 0.05) is 25.1 Å². The van der Waals surface area contributed by atoms with Gasteiger partial charge in [0.25, 0.3) is 0 Å². The van der Waals surface area contributed by atoms with Crippen molar-refractivity contribution in [2.75, 3.05) is 37.7 Å². The van der Waals surface area contributed by atoms with Crippen LogP contribution in [0.4, 0.5) is 32.6 Å². The van der Waals surface area contributed by atoms with Gasteiger partial charge in [0.2, 0.25) is 0 Å². The minimum atomic E-state index is -4.91. The fraction of sp³-hybridized carbons (Fsp3) is 0.581. The monoisotopic (exact) mass is 619 g/mol. The Bertz CT molecular complexity index is 1620. The van der Waals surface area contributed by atoms with Crippen molar-refractivity contribution in [1.82, 2.24) is 19.8 Å². The molecule has 4 saturated heterocycles. The molecule has 1 amide bonds. The Morgan fingerprint density at radius 1 is 1.16 bits per heavy atom. The quantitative estimate of drug-likeness (QED) is 0.397. The predicted molar refractivity (Wildman–Crippen MR) is 153 cm³/mol. The summed E-state index contributed by atoms with van der Waals surface area (Å²) in [6, 6.07) is -0.148. The summed E-state index contributed by atoms with van der Waals surface area (Å²) in [6.45, 7) is 14.9. The highest BCUT2D eigenvalue weighted by Gasteiger charge is 2.61. The average Bonchev–Trinajstić information content (AvgIpc) is 3.66. The zero-order valence-corrected chi connectivity index (χ0v) is 24.9. The van der Waals surface area contributed by atoms with Gasteiger partial charge in [-0.3, -0.25) is 4.90 Å². The van der Waals surface area contributed by atoms with E-state index >= 15 is 4.39 Å². The van der Waals surface area contributed by atoms with E-state index in [1.54, 1.807) is 30.6 Å². The standard InChI is InChI=1S/C31H34F5N5O3/c1-16-17(2)30-11-19(40(14-30)27(42)44-28(3,4)5)13-41(30)25-23-22(16)20(31(34,35)36)9-21(33)24(23)37-26(38-25)43-15-29-7-6-8-39(29)12-18(32)10-29/h9,18-19H,1-2,6-8,10-15H2,3-5H3/t18-,19-,29+,30-/m1/s1. The minimum Gasteiger partial charge on any atom is -0.461 e. The zero-order valence-electron chi connectivity index (χ0n) is 24.9. The van der Waals surface area contributed by atoms with Crippen molar-refractivity contribution in [3.63, 3.8) is 0 Å². The van der Waals surface area contributed by atoms with Crippen LogP contribution in [-0.2, 0) is 10.9 Å². The predicted octanol–water partition coefficient (Wildman–Crippen LogP) is 5.89. The molecule has 0 N–H and O–H groups in total. The van der Waals surface area contributed by atoms with Crippen LogP contribution in [0.15, 0.2) is 24.8 Å². The average molecular weight is 620 g/mol. The first-order valence-electron chi connectivity index (χ1n) is 14.8. The third-order valence-corrected chi connectivity index (χ3v) is 9.89. The Labute approximate surface area is 251 Å². The molecule has 2 bridgehead atoms. The smallest absolute Gasteiger partial charge is 0.417 e. The molecule has 236 valence electrons. The number of amides is 1. The lowest BCUT2D eigenvalue weighted by Crippen LogP contribution is -2.57. The Kier molecular flexibility index (Phi) is 6.16. The van der Waals surface area contributed by atoms with Crippen LogP contribution in [0.2, 0.25) is 0 Å². The summed E-state index contributed by atoms with van der Waals surface area (Å²) < 4.78 is 85.1. The second-order valence-corrected chi connectivity index (χ2v) is 13.8. The van der Waals surface area contributed by atoms with Gasteiger partial charge < -0.3 is 19.3 Å². The van der Waals surface area contributed by atoms with Gasteiger partial charge in [0.1, 0.15) is 35.5 Å². The number of hydrogen-bond acceptors (Lipinski definition) is 7. The zero-order chi connectivity index (χ0) is 31.6. The number of nitrogens with zero attached hydrogens (tertiary/aromatic N) is 5. The third-order valence-electron chi connectivity index (χ3n) is 9.89. The van der Waals surface area contributed by atoms with Crippen LogP contribution in [0.25, 0.3) is 16.5 Å². The molecule has 5 aliphatic heterocycles. The number of likely N-dealkylation sites (tertiary alicyclic amines) is 1. The summed E-state index contributed by atoms with van der Waals surface area (Å²) in [5.41, 5.74) is -3.97. The number of halogens is 5. The van der Waals surface area contributed by atoms with Crippen molar-refractivity contribution < 1.29 is 36.2 Å². The van der Waals surface area contributed by atoms with Gasteiger partial charge in [0.15, 0.2) is 0 Å². The number of hydrogen-bond donors (Lipinski definition) is 0. The molecular formula is C31H34F5N5O3. The molecule has 1 aromatic carbocycles. The topological polar surface area (TPSA) is 71.0 Å². The third kappa shape index (κ3) is 4.21. The number of piperazine rings is 1. The van der Waals surface area contributed by atoms with E-state index in [9.17, 15) is 22.4 Å². The lowest BCUT2D eigenvalue weighted by Gasteiger charge is -2.43. The van der Waals surface area contributed by atoms with Crippen molar-refractivity contribution in [3.05, 3.63) is 41.7 Å². The van der Waals surface area contributed by atoms with Crippen LogP contribution >= 0.6 is 0 Å². The van der Waals surface area contributed by atoms with Crippen LogP contribution in [-0.4, -0.2) is 87.5 Å². The van der Waals surface area contributed by atoms with Crippen molar-refractivity contribution in [2.45, 2.75) is 81.5 Å². The fourth-order valence-corrected chi connectivity index (χ4v) is 8.03. The summed E-state index contributed by atoms with van der Waals surface area (Å²) >= 11 is 0. The molecule has 4 atom stereocenters. The number of ether oxygens (including phenoxy) is 2. The van der Waals surface area contributed by atoms with E-state index in [0.29, 0.717) is 19.0 Å². The van der Waals surface area contributed by atoms with E-state index in [-0.39, 0.29) is 71.6 Å². The highest BCUT2D eigenvalue weighted by Crippen LogP contribution is 2.56. The number of carbonyl (C=O) groups excluding carboxylic acids is 1. The Morgan fingerprint density at radius 3 is 2.61 bits per heavy atom. The maximum absolute atomic E-state index is 15.7. The van der Waals surface area contributed by atoms with Crippen LogP contribution < -0.4 is 9.64 Å². The first kappa shape index (κ1) is 29.2. The number of aromatic nitrogens is 2. The van der Waals surface area contributed by atoms with E-state index in [1.165, 1.54) is 0 Å². The summed E-state index contributed by atoms with van der Waals surface area (Å²) in [5, 5.41) is -0.130. The first-order valence-corrected chi connectivity index (χ1v) is 14.8. The van der Waals surface area contributed by atoms with Crippen molar-refractivity contribution in [1.29, 1.82) is 0 Å². The van der Waals surface area contributed by atoms with Crippen LogP contribution in [0.3, 0.4) is 0 Å². The molecule has 0 aliphatic carbocycles. The van der Waals surface area contributed by atoms with Gasteiger partial charge in [-0.15, -0.1) is 0 Å². The maximum Gasteiger partial charge on any atom is 0.417 e. The summed E-state index contributed by atoms with van der Waals surface area (Å²) in [6.07, 6.45) is -4.21.